The van der Waals surface area contributed by atoms with Gasteiger partial charge in [-0.15, -0.1) is 24.0 Å². The number of anilines is 1. The predicted molar refractivity (Wildman–Crippen MR) is 126 cm³/mol. The molecule has 0 aliphatic heterocycles. The van der Waals surface area contributed by atoms with Crippen molar-refractivity contribution < 1.29 is 18.9 Å². The summed E-state index contributed by atoms with van der Waals surface area (Å²) in [4.78, 5) is 4.26. The van der Waals surface area contributed by atoms with Gasteiger partial charge in [0.1, 0.15) is 5.75 Å². The Hall–Kier alpha value is -1.88. The van der Waals surface area contributed by atoms with Crippen molar-refractivity contribution in [2.24, 2.45) is 4.99 Å². The summed E-state index contributed by atoms with van der Waals surface area (Å²) in [5.74, 6) is 3.04. The van der Waals surface area contributed by atoms with Gasteiger partial charge in [-0.25, -0.2) is 0 Å². The number of nitrogens with one attached hydrogen (secondary N) is 2. The van der Waals surface area contributed by atoms with E-state index in [0.717, 1.165) is 21.5 Å². The van der Waals surface area contributed by atoms with Crippen LogP contribution in [0.3, 0.4) is 0 Å². The number of benzene rings is 2. The van der Waals surface area contributed by atoms with Crippen LogP contribution in [0.2, 0.25) is 0 Å². The first-order valence-corrected chi connectivity index (χ1v) is 8.95. The molecule has 2 aromatic rings. The summed E-state index contributed by atoms with van der Waals surface area (Å²) in [6, 6.07) is 9.47. The maximum Gasteiger partial charge on any atom is 0.203 e. The molecule has 0 fully saturated rings. The molecule has 0 bridgehead atoms. The van der Waals surface area contributed by atoms with Crippen LogP contribution in [-0.4, -0.2) is 41.4 Å². The summed E-state index contributed by atoms with van der Waals surface area (Å²) >= 11 is 3.48. The number of guanidine groups is 1. The number of nitrogens with zero attached hydrogens (tertiary/aromatic N) is 1. The van der Waals surface area contributed by atoms with E-state index in [1.54, 1.807) is 35.5 Å². The lowest BCUT2D eigenvalue weighted by Gasteiger charge is -2.17. The fourth-order valence-corrected chi connectivity index (χ4v) is 2.94. The second kappa shape index (κ2) is 11.8. The van der Waals surface area contributed by atoms with Crippen LogP contribution in [0.25, 0.3) is 0 Å². The Balaban J connectivity index is 0.00000392. The highest BCUT2D eigenvalue weighted by atomic mass is 127. The lowest BCUT2D eigenvalue weighted by molar-refractivity contribution is 0.324. The smallest absolute Gasteiger partial charge is 0.203 e. The minimum Gasteiger partial charge on any atom is -0.496 e. The molecule has 0 aliphatic rings. The van der Waals surface area contributed by atoms with E-state index in [9.17, 15) is 0 Å². The van der Waals surface area contributed by atoms with Crippen LogP contribution >= 0.6 is 39.9 Å². The molecule has 2 N–H and O–H groups in total. The Kier molecular flexibility index (Phi) is 10.2. The lowest BCUT2D eigenvalue weighted by atomic mass is 10.2. The van der Waals surface area contributed by atoms with E-state index in [1.807, 2.05) is 30.3 Å². The van der Waals surface area contributed by atoms with Crippen molar-refractivity contribution >= 4 is 51.6 Å². The Morgan fingerprint density at radius 1 is 0.929 bits per heavy atom. The fraction of sp³-hybridized carbons (Fsp3) is 0.316. The molecule has 7 nitrogen and oxygen atoms in total. The van der Waals surface area contributed by atoms with Gasteiger partial charge < -0.3 is 29.6 Å². The van der Waals surface area contributed by atoms with Crippen molar-refractivity contribution in [2.75, 3.05) is 40.8 Å². The number of halogens is 2. The van der Waals surface area contributed by atoms with Gasteiger partial charge in [-0.05, 0) is 18.2 Å². The molecule has 0 unspecified atom stereocenters. The average Bonchev–Trinajstić information content (AvgIpc) is 2.70. The zero-order chi connectivity index (χ0) is 19.8. The van der Waals surface area contributed by atoms with E-state index in [-0.39, 0.29) is 24.0 Å². The number of aliphatic imine (C=N–C) groups is 1. The predicted octanol–water partition coefficient (Wildman–Crippen LogP) is 4.29. The normalized spacial score (nSPS) is 10.6. The number of rotatable bonds is 7. The van der Waals surface area contributed by atoms with Gasteiger partial charge in [-0.2, -0.15) is 0 Å². The largest absolute Gasteiger partial charge is 0.496 e. The molecule has 0 radical (unpaired) electrons. The molecule has 0 heterocycles. The first-order valence-electron chi connectivity index (χ1n) is 8.16. The van der Waals surface area contributed by atoms with Gasteiger partial charge in [0.05, 0.1) is 28.4 Å². The van der Waals surface area contributed by atoms with Gasteiger partial charge in [0.25, 0.3) is 0 Å². The van der Waals surface area contributed by atoms with Gasteiger partial charge in [0.15, 0.2) is 17.5 Å². The number of hydrogen-bond donors (Lipinski definition) is 2. The van der Waals surface area contributed by atoms with Crippen molar-refractivity contribution in [3.05, 3.63) is 40.4 Å². The molecule has 0 saturated heterocycles. The first kappa shape index (κ1) is 24.2. The summed E-state index contributed by atoms with van der Waals surface area (Å²) in [6.07, 6.45) is 0. The zero-order valence-electron chi connectivity index (χ0n) is 16.5. The monoisotopic (exact) mass is 565 g/mol. The SMILES string of the molecule is CN=C(NCc1cc(Br)ccc1OC)Nc1cc(OC)c(OC)c(OC)c1.I. The molecule has 154 valence electrons. The summed E-state index contributed by atoms with van der Waals surface area (Å²) in [5.41, 5.74) is 1.75. The second-order valence-electron chi connectivity index (χ2n) is 5.42. The highest BCUT2D eigenvalue weighted by molar-refractivity contribution is 14.0. The van der Waals surface area contributed by atoms with E-state index in [0.29, 0.717) is 29.8 Å². The molecule has 0 amide bonds. The van der Waals surface area contributed by atoms with E-state index in [1.165, 1.54) is 0 Å². The standard InChI is InChI=1S/C19H24BrN3O4.HI/c1-21-19(22-11-12-8-13(20)6-7-15(12)24-2)23-14-9-16(25-3)18(27-5)17(10-14)26-4;/h6-10H,11H2,1-5H3,(H2,21,22,23);1H. The maximum atomic E-state index is 5.40. The Bertz CT molecular complexity index is 793. The van der Waals surface area contributed by atoms with Crippen LogP contribution in [0.4, 0.5) is 5.69 Å². The van der Waals surface area contributed by atoms with Crippen LogP contribution in [0, 0.1) is 0 Å². The number of ether oxygens (including phenoxy) is 4. The van der Waals surface area contributed by atoms with Crippen molar-refractivity contribution in [2.45, 2.75) is 6.54 Å². The van der Waals surface area contributed by atoms with Crippen molar-refractivity contribution in [1.82, 2.24) is 5.32 Å². The number of methoxy groups -OCH3 is 4. The first-order chi connectivity index (χ1) is 13.1. The van der Waals surface area contributed by atoms with Crippen LogP contribution in [0.1, 0.15) is 5.56 Å². The topological polar surface area (TPSA) is 73.3 Å². The van der Waals surface area contributed by atoms with Gasteiger partial charge in [0.2, 0.25) is 5.75 Å². The third-order valence-corrected chi connectivity index (χ3v) is 4.33. The fourth-order valence-electron chi connectivity index (χ4n) is 2.53. The molecular weight excluding hydrogens is 541 g/mol. The van der Waals surface area contributed by atoms with E-state index < -0.39 is 0 Å². The molecule has 0 spiro atoms. The van der Waals surface area contributed by atoms with Gasteiger partial charge >= 0.3 is 0 Å². The van der Waals surface area contributed by atoms with Crippen molar-refractivity contribution in [3.8, 4) is 23.0 Å². The maximum absolute atomic E-state index is 5.40. The molecule has 0 aromatic heterocycles. The van der Waals surface area contributed by atoms with E-state index in [4.69, 9.17) is 18.9 Å². The minimum atomic E-state index is 0. The van der Waals surface area contributed by atoms with Gasteiger partial charge in [-0.3, -0.25) is 4.99 Å². The third-order valence-electron chi connectivity index (χ3n) is 3.84. The summed E-state index contributed by atoms with van der Waals surface area (Å²) in [5, 5.41) is 6.49. The molecule has 0 saturated carbocycles. The summed E-state index contributed by atoms with van der Waals surface area (Å²) < 4.78 is 22.5. The quantitative estimate of drug-likeness (QED) is 0.296. The van der Waals surface area contributed by atoms with Crippen LogP contribution in [0.15, 0.2) is 39.8 Å². The van der Waals surface area contributed by atoms with Crippen molar-refractivity contribution in [1.29, 1.82) is 0 Å². The Labute approximate surface area is 191 Å². The minimum absolute atomic E-state index is 0. The van der Waals surface area contributed by atoms with Gasteiger partial charge in [0, 0.05) is 41.4 Å². The molecule has 0 aliphatic carbocycles. The van der Waals surface area contributed by atoms with E-state index in [2.05, 4.69) is 31.6 Å². The average molecular weight is 566 g/mol. The van der Waals surface area contributed by atoms with Crippen LogP contribution in [-0.2, 0) is 6.54 Å². The Morgan fingerprint density at radius 3 is 2.04 bits per heavy atom. The van der Waals surface area contributed by atoms with Crippen LogP contribution in [0.5, 0.6) is 23.0 Å². The molecular formula is C19H25BrIN3O4. The highest BCUT2D eigenvalue weighted by Gasteiger charge is 2.14. The van der Waals surface area contributed by atoms with Crippen molar-refractivity contribution in [3.63, 3.8) is 0 Å². The van der Waals surface area contributed by atoms with Crippen LogP contribution < -0.4 is 29.6 Å². The molecule has 2 aromatic carbocycles. The second-order valence-corrected chi connectivity index (χ2v) is 6.34. The Morgan fingerprint density at radius 2 is 1.54 bits per heavy atom. The van der Waals surface area contributed by atoms with Gasteiger partial charge in [-0.1, -0.05) is 15.9 Å². The highest BCUT2D eigenvalue weighted by Crippen LogP contribution is 2.39. The molecule has 9 heteroatoms. The molecule has 0 atom stereocenters. The zero-order valence-corrected chi connectivity index (χ0v) is 20.4. The summed E-state index contributed by atoms with van der Waals surface area (Å²) in [7, 11) is 8.07. The number of hydrogen-bond acceptors (Lipinski definition) is 5. The lowest BCUT2D eigenvalue weighted by Crippen LogP contribution is -2.30. The third kappa shape index (κ3) is 6.06. The van der Waals surface area contributed by atoms with E-state index >= 15 is 0 Å². The molecule has 28 heavy (non-hydrogen) atoms. The summed E-state index contributed by atoms with van der Waals surface area (Å²) in [6.45, 7) is 0.534. The molecule has 2 rings (SSSR count).